The molecule has 0 saturated carbocycles. The van der Waals surface area contributed by atoms with Crippen molar-refractivity contribution in [2.24, 2.45) is 0 Å². The first-order chi connectivity index (χ1) is 9.63. The van der Waals surface area contributed by atoms with Crippen molar-refractivity contribution in [3.8, 4) is 5.69 Å². The number of hydrogen-bond acceptors (Lipinski definition) is 2. The lowest BCUT2D eigenvalue weighted by Gasteiger charge is -2.07. The van der Waals surface area contributed by atoms with E-state index in [9.17, 15) is 4.39 Å². The Kier molecular flexibility index (Phi) is 5.15. The smallest absolute Gasteiger partial charge is 0.141 e. The zero-order valence-electron chi connectivity index (χ0n) is 11.8. The maximum Gasteiger partial charge on any atom is 0.141 e. The molecule has 0 amide bonds. The quantitative estimate of drug-likeness (QED) is 0.820. The van der Waals surface area contributed by atoms with Crippen LogP contribution in [0.4, 0.5) is 4.39 Å². The van der Waals surface area contributed by atoms with Crippen LogP contribution in [0, 0.1) is 12.7 Å². The minimum Gasteiger partial charge on any atom is -0.313 e. The van der Waals surface area contributed by atoms with E-state index in [0.717, 1.165) is 30.0 Å². The lowest BCUT2D eigenvalue weighted by molar-refractivity contribution is 0.627. The van der Waals surface area contributed by atoms with Crippen molar-refractivity contribution >= 4 is 11.6 Å². The molecule has 1 heterocycles. The van der Waals surface area contributed by atoms with E-state index in [1.807, 2.05) is 13.1 Å². The van der Waals surface area contributed by atoms with Crippen molar-refractivity contribution in [3.05, 3.63) is 46.5 Å². The number of nitrogens with one attached hydrogen (secondary N) is 1. The lowest BCUT2D eigenvalue weighted by atomic mass is 10.2. The SMILES string of the molecule is CCCCNCc1cnn(-c2ccc(F)c(Cl)c2)c1C. The molecule has 0 aliphatic rings. The Labute approximate surface area is 123 Å². The minimum atomic E-state index is -0.415. The summed E-state index contributed by atoms with van der Waals surface area (Å²) in [4.78, 5) is 0. The van der Waals surface area contributed by atoms with Gasteiger partial charge in [0.25, 0.3) is 0 Å². The van der Waals surface area contributed by atoms with Crippen molar-refractivity contribution in [2.45, 2.75) is 33.2 Å². The number of aromatic nitrogens is 2. The zero-order valence-corrected chi connectivity index (χ0v) is 12.5. The van der Waals surface area contributed by atoms with E-state index in [1.54, 1.807) is 16.8 Å². The molecule has 0 radical (unpaired) electrons. The topological polar surface area (TPSA) is 29.9 Å². The van der Waals surface area contributed by atoms with Gasteiger partial charge in [0.2, 0.25) is 0 Å². The maximum absolute atomic E-state index is 13.2. The number of unbranched alkanes of at least 4 members (excludes halogenated alkanes) is 1. The first-order valence-corrected chi connectivity index (χ1v) is 7.21. The molecular weight excluding hydrogens is 277 g/mol. The van der Waals surface area contributed by atoms with Gasteiger partial charge in [0.15, 0.2) is 0 Å². The number of benzene rings is 1. The molecule has 2 rings (SSSR count). The molecule has 0 atom stereocenters. The molecule has 3 nitrogen and oxygen atoms in total. The van der Waals surface area contributed by atoms with Gasteiger partial charge in [-0.25, -0.2) is 9.07 Å². The average Bonchev–Trinajstić information content (AvgIpc) is 2.80. The van der Waals surface area contributed by atoms with Gasteiger partial charge in [0.1, 0.15) is 5.82 Å². The summed E-state index contributed by atoms with van der Waals surface area (Å²) in [6.07, 6.45) is 4.19. The van der Waals surface area contributed by atoms with Crippen molar-refractivity contribution in [1.29, 1.82) is 0 Å². The Hall–Kier alpha value is -1.39. The van der Waals surface area contributed by atoms with Crippen LogP contribution in [0.1, 0.15) is 31.0 Å². The molecule has 0 aliphatic carbocycles. The Morgan fingerprint density at radius 3 is 2.90 bits per heavy atom. The number of nitrogens with zero attached hydrogens (tertiary/aromatic N) is 2. The van der Waals surface area contributed by atoms with Crippen LogP contribution in [0.2, 0.25) is 5.02 Å². The normalized spacial score (nSPS) is 11.0. The summed E-state index contributed by atoms with van der Waals surface area (Å²) in [5.74, 6) is -0.415. The van der Waals surface area contributed by atoms with Crippen LogP contribution < -0.4 is 5.32 Å². The van der Waals surface area contributed by atoms with E-state index >= 15 is 0 Å². The predicted molar refractivity (Wildman–Crippen MR) is 79.9 cm³/mol. The fourth-order valence-electron chi connectivity index (χ4n) is 2.02. The summed E-state index contributed by atoms with van der Waals surface area (Å²) in [6, 6.07) is 4.62. The van der Waals surface area contributed by atoms with Gasteiger partial charge in [-0.2, -0.15) is 5.10 Å². The summed E-state index contributed by atoms with van der Waals surface area (Å²) >= 11 is 5.81. The van der Waals surface area contributed by atoms with Crippen molar-refractivity contribution in [2.75, 3.05) is 6.54 Å². The van der Waals surface area contributed by atoms with Crippen LogP contribution in [-0.2, 0) is 6.54 Å². The van der Waals surface area contributed by atoms with Crippen molar-refractivity contribution in [3.63, 3.8) is 0 Å². The largest absolute Gasteiger partial charge is 0.313 e. The van der Waals surface area contributed by atoms with Crippen LogP contribution in [0.3, 0.4) is 0 Å². The second kappa shape index (κ2) is 6.86. The molecule has 0 aliphatic heterocycles. The van der Waals surface area contributed by atoms with E-state index in [-0.39, 0.29) is 5.02 Å². The van der Waals surface area contributed by atoms with Crippen LogP contribution in [0.5, 0.6) is 0 Å². The van der Waals surface area contributed by atoms with Crippen molar-refractivity contribution in [1.82, 2.24) is 15.1 Å². The standard InChI is InChI=1S/C15H19ClFN3/c1-3-4-7-18-9-12-10-19-20(11(12)2)13-5-6-15(17)14(16)8-13/h5-6,8,10,18H,3-4,7,9H2,1-2H3. The fraction of sp³-hybridized carbons (Fsp3) is 0.400. The van der Waals surface area contributed by atoms with E-state index < -0.39 is 5.82 Å². The molecule has 0 spiro atoms. The van der Waals surface area contributed by atoms with Gasteiger partial charge in [-0.3, -0.25) is 0 Å². The Morgan fingerprint density at radius 2 is 2.20 bits per heavy atom. The lowest BCUT2D eigenvalue weighted by Crippen LogP contribution is -2.14. The molecule has 20 heavy (non-hydrogen) atoms. The van der Waals surface area contributed by atoms with E-state index in [2.05, 4.69) is 17.3 Å². The molecule has 2 aromatic rings. The summed E-state index contributed by atoms with van der Waals surface area (Å²) < 4.78 is 15.0. The van der Waals surface area contributed by atoms with Crippen molar-refractivity contribution < 1.29 is 4.39 Å². The van der Waals surface area contributed by atoms with E-state index in [1.165, 1.54) is 18.9 Å². The van der Waals surface area contributed by atoms with Crippen LogP contribution in [-0.4, -0.2) is 16.3 Å². The highest BCUT2D eigenvalue weighted by Crippen LogP contribution is 2.20. The van der Waals surface area contributed by atoms with Gasteiger partial charge in [-0.05, 0) is 38.1 Å². The Balaban J connectivity index is 2.13. The van der Waals surface area contributed by atoms with E-state index in [0.29, 0.717) is 0 Å². The number of halogens is 2. The Bertz CT molecular complexity index is 580. The molecule has 1 aromatic carbocycles. The molecule has 108 valence electrons. The monoisotopic (exact) mass is 295 g/mol. The van der Waals surface area contributed by atoms with Gasteiger partial charge < -0.3 is 5.32 Å². The third-order valence-electron chi connectivity index (χ3n) is 3.28. The highest BCUT2D eigenvalue weighted by atomic mass is 35.5. The first kappa shape index (κ1) is 15.0. The van der Waals surface area contributed by atoms with Gasteiger partial charge in [-0.1, -0.05) is 24.9 Å². The first-order valence-electron chi connectivity index (χ1n) is 6.83. The van der Waals surface area contributed by atoms with Gasteiger partial charge in [0.05, 0.1) is 16.9 Å². The van der Waals surface area contributed by atoms with Gasteiger partial charge >= 0.3 is 0 Å². The minimum absolute atomic E-state index is 0.111. The predicted octanol–water partition coefficient (Wildman–Crippen LogP) is 3.86. The molecule has 1 aromatic heterocycles. The molecule has 0 fully saturated rings. The third kappa shape index (κ3) is 3.38. The molecule has 0 unspecified atom stereocenters. The second-order valence-electron chi connectivity index (χ2n) is 4.80. The number of hydrogen-bond donors (Lipinski definition) is 1. The number of rotatable bonds is 6. The van der Waals surface area contributed by atoms with Gasteiger partial charge in [0, 0.05) is 17.8 Å². The summed E-state index contributed by atoms with van der Waals surface area (Å²) in [6.45, 7) is 5.97. The zero-order chi connectivity index (χ0) is 14.5. The molecule has 0 bridgehead atoms. The van der Waals surface area contributed by atoms with Crippen LogP contribution in [0.25, 0.3) is 5.69 Å². The summed E-state index contributed by atoms with van der Waals surface area (Å²) in [7, 11) is 0. The van der Waals surface area contributed by atoms with E-state index in [4.69, 9.17) is 11.6 Å². The summed E-state index contributed by atoms with van der Waals surface area (Å²) in [5, 5.41) is 7.85. The third-order valence-corrected chi connectivity index (χ3v) is 3.57. The Morgan fingerprint density at radius 1 is 1.40 bits per heavy atom. The molecule has 0 saturated heterocycles. The molecule has 1 N–H and O–H groups in total. The molecular formula is C15H19ClFN3. The van der Waals surface area contributed by atoms with Gasteiger partial charge in [-0.15, -0.1) is 0 Å². The maximum atomic E-state index is 13.2. The van der Waals surface area contributed by atoms with Crippen LogP contribution >= 0.6 is 11.6 Å². The molecule has 5 heteroatoms. The van der Waals surface area contributed by atoms with Crippen LogP contribution in [0.15, 0.2) is 24.4 Å². The second-order valence-corrected chi connectivity index (χ2v) is 5.20. The highest BCUT2D eigenvalue weighted by Gasteiger charge is 2.09. The summed E-state index contributed by atoms with van der Waals surface area (Å²) in [5.41, 5.74) is 2.95. The highest BCUT2D eigenvalue weighted by molar-refractivity contribution is 6.30. The average molecular weight is 296 g/mol. The fourth-order valence-corrected chi connectivity index (χ4v) is 2.19.